The molecule has 0 bridgehead atoms. The molecule has 2 rings (SSSR count). The van der Waals surface area contributed by atoms with Crippen molar-refractivity contribution in [2.45, 2.75) is 6.54 Å². The first-order valence-electron chi connectivity index (χ1n) is 6.11. The Morgan fingerprint density at radius 1 is 1.30 bits per heavy atom. The summed E-state index contributed by atoms with van der Waals surface area (Å²) >= 11 is 0. The average Bonchev–Trinajstić information content (AvgIpc) is 2.39. The number of nitrogens with one attached hydrogen (secondary N) is 1. The van der Waals surface area contributed by atoms with E-state index in [0.29, 0.717) is 12.3 Å². The van der Waals surface area contributed by atoms with Gasteiger partial charge < -0.3 is 15.8 Å². The first-order chi connectivity index (χ1) is 9.61. The molecule has 104 valence electrons. The second-order valence-electron chi connectivity index (χ2n) is 4.26. The molecule has 0 fully saturated rings. The number of hydrogen-bond donors (Lipinski definition) is 2. The maximum Gasteiger partial charge on any atom is 0.255 e. The van der Waals surface area contributed by atoms with Crippen molar-refractivity contribution in [2.75, 3.05) is 7.05 Å². The third-order valence-corrected chi connectivity index (χ3v) is 2.73. The van der Waals surface area contributed by atoms with Crippen LogP contribution >= 0.6 is 0 Å². The van der Waals surface area contributed by atoms with Gasteiger partial charge in [0.15, 0.2) is 0 Å². The first kappa shape index (κ1) is 14.0. The topological polar surface area (TPSA) is 64.3 Å². The van der Waals surface area contributed by atoms with Crippen LogP contribution in [-0.4, -0.2) is 13.0 Å². The van der Waals surface area contributed by atoms with Crippen molar-refractivity contribution < 1.29 is 13.9 Å². The standard InChI is InChI=1S/C15H15FN2O2/c1-18-9-10-4-2-5-11(8-10)20-13-7-3-6-12(16)14(13)15(17)19/h2-8,18H,9H2,1H3,(H2,17,19). The molecule has 1 amide bonds. The van der Waals surface area contributed by atoms with Crippen molar-refractivity contribution in [1.82, 2.24) is 5.32 Å². The highest BCUT2D eigenvalue weighted by atomic mass is 19.1. The molecule has 4 nitrogen and oxygen atoms in total. The van der Waals surface area contributed by atoms with Gasteiger partial charge in [0.1, 0.15) is 22.9 Å². The third-order valence-electron chi connectivity index (χ3n) is 2.73. The van der Waals surface area contributed by atoms with Crippen LogP contribution in [0.3, 0.4) is 0 Å². The summed E-state index contributed by atoms with van der Waals surface area (Å²) in [5.41, 5.74) is 5.95. The van der Waals surface area contributed by atoms with Gasteiger partial charge in [-0.25, -0.2) is 4.39 Å². The number of nitrogens with two attached hydrogens (primary N) is 1. The Labute approximate surface area is 116 Å². The number of rotatable bonds is 5. The SMILES string of the molecule is CNCc1cccc(Oc2cccc(F)c2C(N)=O)c1. The molecule has 20 heavy (non-hydrogen) atoms. The minimum absolute atomic E-state index is 0.110. The normalized spacial score (nSPS) is 10.3. The summed E-state index contributed by atoms with van der Waals surface area (Å²) < 4.78 is 19.2. The van der Waals surface area contributed by atoms with Crippen molar-refractivity contribution in [3.05, 3.63) is 59.4 Å². The maximum absolute atomic E-state index is 13.6. The van der Waals surface area contributed by atoms with Crippen molar-refractivity contribution in [3.63, 3.8) is 0 Å². The number of benzene rings is 2. The lowest BCUT2D eigenvalue weighted by Crippen LogP contribution is -2.14. The Morgan fingerprint density at radius 2 is 2.05 bits per heavy atom. The fourth-order valence-electron chi connectivity index (χ4n) is 1.88. The van der Waals surface area contributed by atoms with Crippen LogP contribution < -0.4 is 15.8 Å². The minimum atomic E-state index is -0.857. The Morgan fingerprint density at radius 3 is 2.75 bits per heavy atom. The van der Waals surface area contributed by atoms with Gasteiger partial charge >= 0.3 is 0 Å². The van der Waals surface area contributed by atoms with Crippen molar-refractivity contribution in [3.8, 4) is 11.5 Å². The second-order valence-corrected chi connectivity index (χ2v) is 4.26. The lowest BCUT2D eigenvalue weighted by molar-refractivity contribution is 0.0994. The van der Waals surface area contributed by atoms with Crippen LogP contribution in [0.4, 0.5) is 4.39 Å². The van der Waals surface area contributed by atoms with E-state index in [4.69, 9.17) is 10.5 Å². The largest absolute Gasteiger partial charge is 0.456 e. The molecule has 0 saturated heterocycles. The van der Waals surface area contributed by atoms with E-state index in [1.807, 2.05) is 25.2 Å². The summed E-state index contributed by atoms with van der Waals surface area (Å²) in [5, 5.41) is 3.02. The molecule has 0 heterocycles. The van der Waals surface area contributed by atoms with Gasteiger partial charge in [-0.3, -0.25) is 4.79 Å². The number of carbonyl (C=O) groups excluding carboxylic acids is 1. The summed E-state index contributed by atoms with van der Waals surface area (Å²) in [6, 6.07) is 11.4. The average molecular weight is 274 g/mol. The quantitative estimate of drug-likeness (QED) is 0.880. The Bertz CT molecular complexity index is 629. The molecule has 0 aromatic heterocycles. The van der Waals surface area contributed by atoms with E-state index < -0.39 is 11.7 Å². The molecule has 0 radical (unpaired) electrons. The summed E-state index contributed by atoms with van der Waals surface area (Å²) in [6.07, 6.45) is 0. The molecule has 2 aromatic carbocycles. The molecule has 5 heteroatoms. The number of hydrogen-bond acceptors (Lipinski definition) is 3. The minimum Gasteiger partial charge on any atom is -0.456 e. The number of amides is 1. The Kier molecular flexibility index (Phi) is 4.32. The Hall–Kier alpha value is -2.40. The second kappa shape index (κ2) is 6.16. The summed E-state index contributed by atoms with van der Waals surface area (Å²) in [7, 11) is 1.84. The van der Waals surface area contributed by atoms with Gasteiger partial charge in [0.2, 0.25) is 0 Å². The van der Waals surface area contributed by atoms with Gasteiger partial charge in [0, 0.05) is 6.54 Å². The fraction of sp³-hybridized carbons (Fsp3) is 0.133. The molecule has 0 saturated carbocycles. The van der Waals surface area contributed by atoms with Gasteiger partial charge in [-0.1, -0.05) is 18.2 Å². The van der Waals surface area contributed by atoms with Crippen molar-refractivity contribution >= 4 is 5.91 Å². The van der Waals surface area contributed by atoms with Crippen LogP contribution in [0, 0.1) is 5.82 Å². The summed E-state index contributed by atoms with van der Waals surface area (Å²) in [5.74, 6) is -0.921. The molecular formula is C15H15FN2O2. The number of ether oxygens (including phenoxy) is 1. The highest BCUT2D eigenvalue weighted by Crippen LogP contribution is 2.27. The van der Waals surface area contributed by atoms with Crippen LogP contribution in [0.5, 0.6) is 11.5 Å². The number of primary amides is 1. The highest BCUT2D eigenvalue weighted by Gasteiger charge is 2.15. The lowest BCUT2D eigenvalue weighted by atomic mass is 10.1. The van der Waals surface area contributed by atoms with Crippen molar-refractivity contribution in [2.24, 2.45) is 5.73 Å². The predicted molar refractivity (Wildman–Crippen MR) is 74.2 cm³/mol. The van der Waals surface area contributed by atoms with E-state index >= 15 is 0 Å². The van der Waals surface area contributed by atoms with Gasteiger partial charge in [0.25, 0.3) is 5.91 Å². The van der Waals surface area contributed by atoms with Gasteiger partial charge in [-0.15, -0.1) is 0 Å². The molecule has 2 aromatic rings. The maximum atomic E-state index is 13.6. The van der Waals surface area contributed by atoms with E-state index in [1.165, 1.54) is 18.2 Å². The van der Waals surface area contributed by atoms with Crippen molar-refractivity contribution in [1.29, 1.82) is 0 Å². The van der Waals surface area contributed by atoms with E-state index in [-0.39, 0.29) is 11.3 Å². The molecule has 0 aliphatic carbocycles. The van der Waals surface area contributed by atoms with Crippen LogP contribution in [0.1, 0.15) is 15.9 Å². The molecule has 0 aliphatic heterocycles. The lowest BCUT2D eigenvalue weighted by Gasteiger charge is -2.10. The van der Waals surface area contributed by atoms with Gasteiger partial charge in [-0.05, 0) is 36.9 Å². The van der Waals surface area contributed by atoms with E-state index in [1.54, 1.807) is 6.07 Å². The zero-order valence-corrected chi connectivity index (χ0v) is 11.0. The monoisotopic (exact) mass is 274 g/mol. The molecular weight excluding hydrogens is 259 g/mol. The smallest absolute Gasteiger partial charge is 0.255 e. The van der Waals surface area contributed by atoms with Crippen LogP contribution in [0.15, 0.2) is 42.5 Å². The Balaban J connectivity index is 2.32. The summed E-state index contributed by atoms with van der Waals surface area (Å²) in [6.45, 7) is 0.684. The zero-order chi connectivity index (χ0) is 14.5. The van der Waals surface area contributed by atoms with Crippen LogP contribution in [0.2, 0.25) is 0 Å². The molecule has 0 aliphatic rings. The third kappa shape index (κ3) is 3.13. The van der Waals surface area contributed by atoms with E-state index in [2.05, 4.69) is 5.32 Å². The summed E-state index contributed by atoms with van der Waals surface area (Å²) in [4.78, 5) is 11.3. The van der Waals surface area contributed by atoms with Gasteiger partial charge in [0.05, 0.1) is 0 Å². The number of carbonyl (C=O) groups is 1. The predicted octanol–water partition coefficient (Wildman–Crippen LogP) is 2.44. The first-order valence-corrected chi connectivity index (χ1v) is 6.11. The van der Waals surface area contributed by atoms with Gasteiger partial charge in [-0.2, -0.15) is 0 Å². The fourth-order valence-corrected chi connectivity index (χ4v) is 1.88. The van der Waals surface area contributed by atoms with Crippen LogP contribution in [-0.2, 0) is 6.54 Å². The van der Waals surface area contributed by atoms with E-state index in [0.717, 1.165) is 5.56 Å². The molecule has 0 atom stereocenters. The molecule has 3 N–H and O–H groups in total. The number of halogens is 1. The van der Waals surface area contributed by atoms with E-state index in [9.17, 15) is 9.18 Å². The highest BCUT2D eigenvalue weighted by molar-refractivity contribution is 5.96. The molecule has 0 unspecified atom stereocenters. The molecule has 0 spiro atoms. The zero-order valence-electron chi connectivity index (χ0n) is 11.0. The van der Waals surface area contributed by atoms with Crippen LogP contribution in [0.25, 0.3) is 0 Å².